The fourth-order valence-corrected chi connectivity index (χ4v) is 2.65. The number of H-pyrrole nitrogens is 1. The summed E-state index contributed by atoms with van der Waals surface area (Å²) in [5.41, 5.74) is 2.05. The molecule has 1 fully saturated rings. The molecule has 0 unspecified atom stereocenters. The van der Waals surface area contributed by atoms with Crippen molar-refractivity contribution in [3.05, 3.63) is 44.9 Å². The van der Waals surface area contributed by atoms with Crippen LogP contribution in [-0.2, 0) is 6.54 Å². The van der Waals surface area contributed by atoms with Gasteiger partial charge in [0.2, 0.25) is 0 Å². The molecule has 88 valence electrons. The van der Waals surface area contributed by atoms with E-state index in [1.165, 1.54) is 24.2 Å². The van der Waals surface area contributed by atoms with Gasteiger partial charge in [0, 0.05) is 17.5 Å². The molecule has 0 amide bonds. The lowest BCUT2D eigenvalue weighted by Crippen LogP contribution is -2.14. The van der Waals surface area contributed by atoms with Gasteiger partial charge in [0.15, 0.2) is 0 Å². The molecule has 0 radical (unpaired) electrons. The van der Waals surface area contributed by atoms with Crippen molar-refractivity contribution in [3.63, 3.8) is 0 Å². The molecule has 17 heavy (non-hydrogen) atoms. The maximum atomic E-state index is 11.5. The van der Waals surface area contributed by atoms with Crippen molar-refractivity contribution in [2.24, 2.45) is 0 Å². The van der Waals surface area contributed by atoms with Gasteiger partial charge in [-0.25, -0.2) is 0 Å². The maximum Gasteiger partial charge on any atom is 0.305 e. The average Bonchev–Trinajstić information content (AvgIpc) is 3.11. The second kappa shape index (κ2) is 4.47. The smallest absolute Gasteiger partial charge is 0.305 e. The number of aromatic amines is 1. The van der Waals surface area contributed by atoms with Gasteiger partial charge in [0.1, 0.15) is 0 Å². The van der Waals surface area contributed by atoms with E-state index in [-0.39, 0.29) is 4.87 Å². The summed E-state index contributed by atoms with van der Waals surface area (Å²) in [6.45, 7) is 0.790. The Morgan fingerprint density at radius 3 is 2.76 bits per heavy atom. The molecule has 1 aliphatic carbocycles. The summed E-state index contributed by atoms with van der Waals surface area (Å²) in [5.74, 6) is 0. The number of nitrogens with one attached hydrogen (secondary N) is 2. The van der Waals surface area contributed by atoms with Gasteiger partial charge in [-0.05, 0) is 18.4 Å². The topological polar surface area (TPSA) is 44.9 Å². The molecule has 2 N–H and O–H groups in total. The zero-order valence-corrected chi connectivity index (χ0v) is 10.2. The van der Waals surface area contributed by atoms with Crippen molar-refractivity contribution in [1.82, 2.24) is 10.3 Å². The summed E-state index contributed by atoms with van der Waals surface area (Å²) in [4.78, 5) is 15.5. The van der Waals surface area contributed by atoms with Crippen LogP contribution in [-0.4, -0.2) is 11.0 Å². The molecule has 2 aromatic rings. The summed E-state index contributed by atoms with van der Waals surface area (Å²) in [6.07, 6.45) is 2.53. The van der Waals surface area contributed by atoms with Gasteiger partial charge >= 0.3 is 4.87 Å². The fraction of sp³-hybridized carbons (Fsp3) is 0.308. The van der Waals surface area contributed by atoms with Gasteiger partial charge in [-0.15, -0.1) is 0 Å². The molecule has 1 aromatic heterocycles. The molecule has 0 saturated heterocycles. The predicted octanol–water partition coefficient (Wildman–Crippen LogP) is 2.36. The number of hydrogen-bond acceptors (Lipinski definition) is 3. The minimum atomic E-state index is 0.0245. The first kappa shape index (κ1) is 10.7. The first-order valence-corrected chi connectivity index (χ1v) is 6.65. The molecule has 3 rings (SSSR count). The minimum Gasteiger partial charge on any atom is -0.312 e. The van der Waals surface area contributed by atoms with Gasteiger partial charge in [-0.3, -0.25) is 4.79 Å². The van der Waals surface area contributed by atoms with Crippen molar-refractivity contribution in [2.75, 3.05) is 0 Å². The zero-order valence-electron chi connectivity index (χ0n) is 9.40. The average molecular weight is 246 g/mol. The van der Waals surface area contributed by atoms with Crippen LogP contribution in [0.25, 0.3) is 11.3 Å². The van der Waals surface area contributed by atoms with Gasteiger partial charge < -0.3 is 10.3 Å². The minimum absolute atomic E-state index is 0.0245. The van der Waals surface area contributed by atoms with E-state index in [1.807, 2.05) is 30.3 Å². The predicted molar refractivity (Wildman–Crippen MR) is 70.2 cm³/mol. The molecule has 1 heterocycles. The highest BCUT2D eigenvalue weighted by molar-refractivity contribution is 7.09. The normalized spacial score (nSPS) is 15.1. The molecule has 0 atom stereocenters. The molecule has 1 saturated carbocycles. The number of hydrogen-bond donors (Lipinski definition) is 2. The Bertz CT molecular complexity index is 554. The van der Waals surface area contributed by atoms with E-state index in [0.717, 1.165) is 22.7 Å². The summed E-state index contributed by atoms with van der Waals surface area (Å²) in [6, 6.07) is 10.7. The second-order valence-electron chi connectivity index (χ2n) is 4.33. The van der Waals surface area contributed by atoms with Gasteiger partial charge in [0.25, 0.3) is 0 Å². The van der Waals surface area contributed by atoms with E-state index >= 15 is 0 Å². The molecule has 0 spiro atoms. The summed E-state index contributed by atoms with van der Waals surface area (Å²) in [5, 5.41) is 3.45. The van der Waals surface area contributed by atoms with Crippen LogP contribution >= 0.6 is 11.3 Å². The lowest BCUT2D eigenvalue weighted by atomic mass is 10.1. The monoisotopic (exact) mass is 246 g/mol. The SMILES string of the molecule is O=c1[nH]c(-c2ccccc2)c(CNC2CC2)s1. The van der Waals surface area contributed by atoms with Crippen molar-refractivity contribution < 1.29 is 0 Å². The van der Waals surface area contributed by atoms with Gasteiger partial charge in [-0.2, -0.15) is 0 Å². The lowest BCUT2D eigenvalue weighted by molar-refractivity contribution is 0.695. The molecule has 0 bridgehead atoms. The quantitative estimate of drug-likeness (QED) is 0.870. The van der Waals surface area contributed by atoms with E-state index in [0.29, 0.717) is 6.04 Å². The standard InChI is InChI=1S/C13H14N2OS/c16-13-15-12(9-4-2-1-3-5-9)11(17-13)8-14-10-6-7-10/h1-5,10,14H,6-8H2,(H,15,16). The van der Waals surface area contributed by atoms with Crippen LogP contribution in [0.2, 0.25) is 0 Å². The van der Waals surface area contributed by atoms with Crippen LogP contribution in [0.4, 0.5) is 0 Å². The molecule has 4 heteroatoms. The highest BCUT2D eigenvalue weighted by Crippen LogP contribution is 2.25. The van der Waals surface area contributed by atoms with Crippen molar-refractivity contribution in [1.29, 1.82) is 0 Å². The Kier molecular flexibility index (Phi) is 2.82. The second-order valence-corrected chi connectivity index (χ2v) is 5.40. The Balaban J connectivity index is 1.89. The highest BCUT2D eigenvalue weighted by Gasteiger charge is 2.21. The van der Waals surface area contributed by atoms with Crippen LogP contribution < -0.4 is 10.2 Å². The fourth-order valence-electron chi connectivity index (χ4n) is 1.85. The lowest BCUT2D eigenvalue weighted by Gasteiger charge is -2.03. The number of thiazole rings is 1. The zero-order chi connectivity index (χ0) is 11.7. The van der Waals surface area contributed by atoms with E-state index < -0.39 is 0 Å². The number of aromatic nitrogens is 1. The first-order chi connectivity index (χ1) is 8.33. The summed E-state index contributed by atoms with van der Waals surface area (Å²) in [7, 11) is 0. The Morgan fingerprint density at radius 1 is 1.29 bits per heavy atom. The van der Waals surface area contributed by atoms with Crippen LogP contribution in [0.5, 0.6) is 0 Å². The third-order valence-corrected chi connectivity index (χ3v) is 3.80. The van der Waals surface area contributed by atoms with E-state index in [1.54, 1.807) is 0 Å². The Labute approximate surface area is 104 Å². The van der Waals surface area contributed by atoms with Gasteiger partial charge in [0.05, 0.1) is 5.69 Å². The van der Waals surface area contributed by atoms with Crippen LogP contribution in [0, 0.1) is 0 Å². The van der Waals surface area contributed by atoms with Crippen molar-refractivity contribution >= 4 is 11.3 Å². The van der Waals surface area contributed by atoms with Crippen molar-refractivity contribution in [2.45, 2.75) is 25.4 Å². The largest absolute Gasteiger partial charge is 0.312 e. The Hall–Kier alpha value is -1.39. The Morgan fingerprint density at radius 2 is 2.06 bits per heavy atom. The van der Waals surface area contributed by atoms with E-state index in [9.17, 15) is 4.79 Å². The summed E-state index contributed by atoms with van der Waals surface area (Å²) >= 11 is 1.31. The van der Waals surface area contributed by atoms with E-state index in [4.69, 9.17) is 0 Å². The molecule has 0 aliphatic heterocycles. The number of rotatable bonds is 4. The van der Waals surface area contributed by atoms with Crippen LogP contribution in [0.3, 0.4) is 0 Å². The van der Waals surface area contributed by atoms with Crippen LogP contribution in [0.15, 0.2) is 35.1 Å². The number of benzene rings is 1. The molecule has 1 aliphatic rings. The molecule has 3 nitrogen and oxygen atoms in total. The maximum absolute atomic E-state index is 11.5. The molecular weight excluding hydrogens is 232 g/mol. The van der Waals surface area contributed by atoms with E-state index in [2.05, 4.69) is 10.3 Å². The van der Waals surface area contributed by atoms with Crippen molar-refractivity contribution in [3.8, 4) is 11.3 Å². The van der Waals surface area contributed by atoms with Gasteiger partial charge in [-0.1, -0.05) is 41.7 Å². The highest BCUT2D eigenvalue weighted by atomic mass is 32.1. The molecule has 1 aromatic carbocycles. The third kappa shape index (κ3) is 2.48. The first-order valence-electron chi connectivity index (χ1n) is 5.84. The summed E-state index contributed by atoms with van der Waals surface area (Å²) < 4.78 is 0. The third-order valence-electron chi connectivity index (χ3n) is 2.91. The van der Waals surface area contributed by atoms with Crippen LogP contribution in [0.1, 0.15) is 17.7 Å². The molecular formula is C13H14N2OS.